The van der Waals surface area contributed by atoms with Crippen LogP contribution in [-0.4, -0.2) is 22.8 Å². The maximum Gasteiger partial charge on any atom is 0.257 e. The maximum atomic E-state index is 13.7. The van der Waals surface area contributed by atoms with Crippen LogP contribution >= 0.6 is 0 Å². The molecular formula is C25H23N3O. The van der Waals surface area contributed by atoms with Crippen LogP contribution in [0.15, 0.2) is 83.9 Å². The molecule has 2 aliphatic heterocycles. The van der Waals surface area contributed by atoms with Crippen molar-refractivity contribution in [1.29, 1.82) is 0 Å². The van der Waals surface area contributed by atoms with Gasteiger partial charge in [0.05, 0.1) is 11.4 Å². The topological polar surface area (TPSA) is 35.9 Å². The van der Waals surface area contributed by atoms with Gasteiger partial charge in [0.15, 0.2) is 0 Å². The number of carbonyl (C=O) groups is 1. The minimum atomic E-state index is -0.255. The molecule has 1 saturated heterocycles. The number of fused-ring (bicyclic) bond motifs is 2. The first kappa shape index (κ1) is 17.7. The highest BCUT2D eigenvalue weighted by Gasteiger charge is 2.46. The molecule has 1 unspecified atom stereocenters. The predicted octanol–water partition coefficient (Wildman–Crippen LogP) is 4.71. The van der Waals surface area contributed by atoms with Gasteiger partial charge in [0.1, 0.15) is 6.04 Å². The molecule has 144 valence electrons. The number of hydrogen-bond acceptors (Lipinski definition) is 3. The largest absolute Gasteiger partial charge is 0.325 e. The van der Waals surface area contributed by atoms with E-state index in [-0.39, 0.29) is 11.9 Å². The zero-order chi connectivity index (χ0) is 19.8. The lowest BCUT2D eigenvalue weighted by atomic mass is 10.0. The number of hydrogen-bond donors (Lipinski definition) is 0. The van der Waals surface area contributed by atoms with Crippen molar-refractivity contribution in [2.24, 2.45) is 4.99 Å². The molecule has 1 atom stereocenters. The summed E-state index contributed by atoms with van der Waals surface area (Å²) in [4.78, 5) is 22.6. The van der Waals surface area contributed by atoms with E-state index in [1.54, 1.807) is 0 Å². The molecule has 3 aromatic rings. The van der Waals surface area contributed by atoms with E-state index in [2.05, 4.69) is 36.1 Å². The number of nitrogens with zero attached hydrogens (tertiary/aromatic N) is 3. The van der Waals surface area contributed by atoms with Crippen LogP contribution < -0.4 is 4.90 Å². The van der Waals surface area contributed by atoms with Crippen LogP contribution in [0.4, 0.5) is 11.4 Å². The van der Waals surface area contributed by atoms with Crippen molar-refractivity contribution in [1.82, 2.24) is 4.90 Å². The van der Waals surface area contributed by atoms with Crippen molar-refractivity contribution in [3.63, 3.8) is 0 Å². The Morgan fingerprint density at radius 2 is 1.66 bits per heavy atom. The highest BCUT2D eigenvalue weighted by atomic mass is 16.2. The number of guanidine groups is 1. The maximum absolute atomic E-state index is 13.7. The van der Waals surface area contributed by atoms with Crippen molar-refractivity contribution >= 4 is 23.2 Å². The lowest BCUT2D eigenvalue weighted by Crippen LogP contribution is -2.38. The molecule has 0 radical (unpaired) electrons. The summed E-state index contributed by atoms with van der Waals surface area (Å²) in [5, 5.41) is 0. The molecule has 0 spiro atoms. The number of benzene rings is 3. The molecule has 29 heavy (non-hydrogen) atoms. The molecule has 4 heteroatoms. The lowest BCUT2D eigenvalue weighted by molar-refractivity contribution is -0.119. The number of anilines is 1. The first-order valence-corrected chi connectivity index (χ1v) is 10.2. The second kappa shape index (κ2) is 7.21. The van der Waals surface area contributed by atoms with Crippen molar-refractivity contribution in [3.05, 3.63) is 95.6 Å². The molecule has 2 aliphatic rings. The van der Waals surface area contributed by atoms with Crippen molar-refractivity contribution in [2.75, 3.05) is 4.90 Å². The highest BCUT2D eigenvalue weighted by molar-refractivity contribution is 6.24. The summed E-state index contributed by atoms with van der Waals surface area (Å²) in [5.74, 6) is 0.844. The monoisotopic (exact) mass is 381 g/mol. The van der Waals surface area contributed by atoms with Gasteiger partial charge in [-0.3, -0.25) is 4.79 Å². The summed E-state index contributed by atoms with van der Waals surface area (Å²) < 4.78 is 0. The van der Waals surface area contributed by atoms with E-state index in [0.29, 0.717) is 13.0 Å². The summed E-state index contributed by atoms with van der Waals surface area (Å²) in [6, 6.07) is 26.3. The van der Waals surface area contributed by atoms with Crippen LogP contribution in [0.1, 0.15) is 23.6 Å². The lowest BCUT2D eigenvalue weighted by Gasteiger charge is -2.29. The number of carbonyl (C=O) groups excluding carboxylic acids is 1. The molecule has 4 nitrogen and oxygen atoms in total. The van der Waals surface area contributed by atoms with Gasteiger partial charge in [0.25, 0.3) is 5.91 Å². The zero-order valence-electron chi connectivity index (χ0n) is 16.5. The van der Waals surface area contributed by atoms with Crippen LogP contribution in [0.2, 0.25) is 0 Å². The molecule has 1 amide bonds. The Labute approximate surface area is 171 Å². The summed E-state index contributed by atoms with van der Waals surface area (Å²) in [6.07, 6.45) is 1.54. The molecular weight excluding hydrogens is 358 g/mol. The standard InChI is InChI=1S/C25H23N3O/c1-2-19-12-7-9-15-22(19)28-24(29)23(16-18-10-4-3-5-11-18)27-17-20-13-6-8-14-21(20)26-25(27)28/h3-15,23H,2,16-17H2,1H3. The first-order valence-electron chi connectivity index (χ1n) is 10.2. The Bertz CT molecular complexity index is 1090. The summed E-state index contributed by atoms with van der Waals surface area (Å²) in [6.45, 7) is 2.82. The van der Waals surface area contributed by atoms with Gasteiger partial charge in [-0.2, -0.15) is 0 Å². The number of rotatable bonds is 4. The fourth-order valence-electron chi connectivity index (χ4n) is 4.28. The fourth-order valence-corrected chi connectivity index (χ4v) is 4.28. The molecule has 2 heterocycles. The molecule has 0 aliphatic carbocycles. The highest BCUT2D eigenvalue weighted by Crippen LogP contribution is 2.36. The van der Waals surface area contributed by atoms with E-state index >= 15 is 0 Å². The molecule has 0 aromatic heterocycles. The molecule has 0 saturated carbocycles. The van der Waals surface area contributed by atoms with Gasteiger partial charge in [0.2, 0.25) is 5.96 Å². The van der Waals surface area contributed by atoms with E-state index in [4.69, 9.17) is 4.99 Å². The summed E-state index contributed by atoms with van der Waals surface area (Å²) in [7, 11) is 0. The van der Waals surface area contributed by atoms with Gasteiger partial charge in [0, 0.05) is 13.0 Å². The molecule has 1 fully saturated rings. The summed E-state index contributed by atoms with van der Waals surface area (Å²) >= 11 is 0. The molecule has 0 bridgehead atoms. The van der Waals surface area contributed by atoms with Gasteiger partial charge < -0.3 is 4.90 Å². The third kappa shape index (κ3) is 3.01. The second-order valence-electron chi connectivity index (χ2n) is 7.53. The fraction of sp³-hybridized carbons (Fsp3) is 0.200. The van der Waals surface area contributed by atoms with E-state index in [1.807, 2.05) is 59.5 Å². The van der Waals surface area contributed by atoms with E-state index in [1.165, 1.54) is 0 Å². The third-order valence-corrected chi connectivity index (χ3v) is 5.78. The van der Waals surface area contributed by atoms with Gasteiger partial charge in [-0.25, -0.2) is 9.89 Å². The zero-order valence-corrected chi connectivity index (χ0v) is 16.5. The van der Waals surface area contributed by atoms with E-state index in [0.717, 1.165) is 40.4 Å². The minimum absolute atomic E-state index is 0.0984. The smallest absolute Gasteiger partial charge is 0.257 e. The Morgan fingerprint density at radius 3 is 2.48 bits per heavy atom. The molecule has 0 N–H and O–H groups in total. The SMILES string of the molecule is CCc1ccccc1N1C(=O)C(Cc2ccccc2)N2Cc3ccccc3N=C12. The third-order valence-electron chi connectivity index (χ3n) is 5.78. The van der Waals surface area contributed by atoms with Crippen LogP contribution in [0.5, 0.6) is 0 Å². The summed E-state index contributed by atoms with van der Waals surface area (Å²) in [5.41, 5.74) is 5.37. The quantitative estimate of drug-likeness (QED) is 0.656. The van der Waals surface area contributed by atoms with Crippen molar-refractivity contribution in [2.45, 2.75) is 32.4 Å². The Kier molecular flexibility index (Phi) is 4.39. The van der Waals surface area contributed by atoms with Crippen LogP contribution in [0.3, 0.4) is 0 Å². The minimum Gasteiger partial charge on any atom is -0.325 e. The number of para-hydroxylation sites is 2. The normalized spacial score (nSPS) is 17.8. The molecule has 5 rings (SSSR count). The van der Waals surface area contributed by atoms with Gasteiger partial charge in [-0.1, -0.05) is 73.7 Å². The molecule has 3 aromatic carbocycles. The number of aryl methyl sites for hydroxylation is 1. The van der Waals surface area contributed by atoms with E-state index in [9.17, 15) is 4.79 Å². The second-order valence-corrected chi connectivity index (χ2v) is 7.53. The van der Waals surface area contributed by atoms with Gasteiger partial charge in [-0.15, -0.1) is 0 Å². The average molecular weight is 381 g/mol. The number of aliphatic imine (C=N–C) groups is 1. The van der Waals surface area contributed by atoms with Crippen LogP contribution in [0.25, 0.3) is 0 Å². The average Bonchev–Trinajstić information content (AvgIpc) is 3.03. The van der Waals surface area contributed by atoms with Crippen molar-refractivity contribution in [3.8, 4) is 0 Å². The Hall–Kier alpha value is -3.40. The Balaban J connectivity index is 1.62. The number of amides is 1. The van der Waals surface area contributed by atoms with Gasteiger partial charge in [-0.05, 0) is 35.2 Å². The Morgan fingerprint density at radius 1 is 0.931 bits per heavy atom. The van der Waals surface area contributed by atoms with Gasteiger partial charge >= 0.3 is 0 Å². The predicted molar refractivity (Wildman–Crippen MR) is 116 cm³/mol. The first-order chi connectivity index (χ1) is 14.3. The van der Waals surface area contributed by atoms with E-state index < -0.39 is 0 Å². The van der Waals surface area contributed by atoms with Crippen molar-refractivity contribution < 1.29 is 4.79 Å². The van der Waals surface area contributed by atoms with Crippen LogP contribution in [-0.2, 0) is 24.2 Å². The van der Waals surface area contributed by atoms with Crippen LogP contribution in [0, 0.1) is 0 Å².